The van der Waals surface area contributed by atoms with Gasteiger partial charge in [-0.25, -0.2) is 0 Å². The molecule has 2 aromatic rings. The lowest BCUT2D eigenvalue weighted by atomic mass is 10.2. The second-order valence-corrected chi connectivity index (χ2v) is 4.22. The number of hydrogen-bond acceptors (Lipinski definition) is 3. The molecule has 2 aromatic carbocycles. The van der Waals surface area contributed by atoms with Crippen LogP contribution in [0, 0.1) is 10.1 Å². The second-order valence-electron chi connectivity index (χ2n) is 4.22. The van der Waals surface area contributed by atoms with Crippen molar-refractivity contribution in [3.05, 3.63) is 64.7 Å². The van der Waals surface area contributed by atoms with E-state index in [1.165, 1.54) is 36.4 Å². The predicted molar refractivity (Wildman–Crippen MR) is 72.7 cm³/mol. The van der Waals surface area contributed by atoms with Crippen LogP contribution in [0.4, 0.5) is 30.2 Å². The van der Waals surface area contributed by atoms with Crippen LogP contribution in [0.15, 0.2) is 54.6 Å². The van der Waals surface area contributed by atoms with Crippen LogP contribution in [-0.2, 0) is 4.79 Å². The third-order valence-electron chi connectivity index (χ3n) is 2.78. The van der Waals surface area contributed by atoms with Gasteiger partial charge in [-0.2, -0.15) is 13.2 Å². The van der Waals surface area contributed by atoms with Gasteiger partial charge in [-0.1, -0.05) is 30.3 Å². The van der Waals surface area contributed by atoms with Crippen LogP contribution < -0.4 is 4.90 Å². The van der Waals surface area contributed by atoms with Crippen LogP contribution in [0.3, 0.4) is 0 Å². The van der Waals surface area contributed by atoms with Crippen molar-refractivity contribution in [3.8, 4) is 0 Å². The normalized spacial score (nSPS) is 11.0. The van der Waals surface area contributed by atoms with Crippen molar-refractivity contribution in [2.45, 2.75) is 6.18 Å². The fourth-order valence-corrected chi connectivity index (χ4v) is 1.88. The van der Waals surface area contributed by atoms with Gasteiger partial charge in [0.2, 0.25) is 0 Å². The maximum absolute atomic E-state index is 12.8. The molecule has 0 N–H and O–H groups in total. The van der Waals surface area contributed by atoms with Crippen molar-refractivity contribution in [3.63, 3.8) is 0 Å². The van der Waals surface area contributed by atoms with E-state index in [1.807, 2.05) is 0 Å². The molecule has 0 heterocycles. The standard InChI is InChI=1S/C14H9F3N2O3/c15-14(16,17)13(20)18(10-6-2-1-3-7-10)11-8-4-5-9-12(11)19(21)22/h1-9H. The molecule has 0 bridgehead atoms. The summed E-state index contributed by atoms with van der Waals surface area (Å²) in [5.41, 5.74) is -1.15. The third kappa shape index (κ3) is 3.05. The van der Waals surface area contributed by atoms with Crippen LogP contribution in [-0.4, -0.2) is 17.0 Å². The maximum atomic E-state index is 12.8. The number of benzene rings is 2. The zero-order valence-corrected chi connectivity index (χ0v) is 10.9. The van der Waals surface area contributed by atoms with Gasteiger partial charge in [-0.15, -0.1) is 0 Å². The fourth-order valence-electron chi connectivity index (χ4n) is 1.88. The Morgan fingerprint density at radius 3 is 2.09 bits per heavy atom. The summed E-state index contributed by atoms with van der Waals surface area (Å²) in [7, 11) is 0. The van der Waals surface area contributed by atoms with Crippen molar-refractivity contribution >= 4 is 23.0 Å². The fraction of sp³-hybridized carbons (Fsp3) is 0.0714. The number of carbonyl (C=O) groups excluding carboxylic acids is 1. The topological polar surface area (TPSA) is 63.5 Å². The van der Waals surface area contributed by atoms with Crippen molar-refractivity contribution in [2.75, 3.05) is 4.90 Å². The number of anilines is 2. The summed E-state index contributed by atoms with van der Waals surface area (Å²) in [5, 5.41) is 11.0. The van der Waals surface area contributed by atoms with E-state index in [1.54, 1.807) is 6.07 Å². The quantitative estimate of drug-likeness (QED) is 0.639. The molecule has 0 saturated heterocycles. The van der Waals surface area contributed by atoms with Crippen LogP contribution in [0.2, 0.25) is 0 Å². The first-order valence-corrected chi connectivity index (χ1v) is 6.02. The summed E-state index contributed by atoms with van der Waals surface area (Å²) >= 11 is 0. The van der Waals surface area contributed by atoms with Gasteiger partial charge in [0, 0.05) is 11.8 Å². The summed E-state index contributed by atoms with van der Waals surface area (Å²) < 4.78 is 38.5. The van der Waals surface area contributed by atoms with Gasteiger partial charge in [0.05, 0.1) is 4.92 Å². The van der Waals surface area contributed by atoms with Gasteiger partial charge in [0.25, 0.3) is 5.69 Å². The van der Waals surface area contributed by atoms with Crippen molar-refractivity contribution in [1.82, 2.24) is 0 Å². The Bertz CT molecular complexity index is 702. The Kier molecular flexibility index (Phi) is 4.11. The van der Waals surface area contributed by atoms with Gasteiger partial charge in [0.1, 0.15) is 5.69 Å². The molecule has 0 aliphatic carbocycles. The van der Waals surface area contributed by atoms with E-state index in [0.717, 1.165) is 12.1 Å². The van der Waals surface area contributed by atoms with Gasteiger partial charge in [0.15, 0.2) is 0 Å². The molecule has 1 amide bonds. The Balaban J connectivity index is 2.65. The highest BCUT2D eigenvalue weighted by Gasteiger charge is 2.45. The van der Waals surface area contributed by atoms with E-state index in [4.69, 9.17) is 0 Å². The summed E-state index contributed by atoms with van der Waals surface area (Å²) in [5.74, 6) is -2.20. The molecule has 0 aliphatic heterocycles. The number of nitro benzene ring substituents is 1. The number of carbonyl (C=O) groups is 1. The second kappa shape index (κ2) is 5.84. The minimum absolute atomic E-state index is 0.112. The first-order chi connectivity index (χ1) is 10.3. The molecule has 2 rings (SSSR count). The Morgan fingerprint density at radius 2 is 1.55 bits per heavy atom. The number of para-hydroxylation sites is 3. The molecule has 0 aromatic heterocycles. The average Bonchev–Trinajstić information content (AvgIpc) is 2.48. The van der Waals surface area contributed by atoms with Crippen molar-refractivity contribution in [1.29, 1.82) is 0 Å². The van der Waals surface area contributed by atoms with Gasteiger partial charge >= 0.3 is 12.1 Å². The van der Waals surface area contributed by atoms with Crippen LogP contribution in [0.25, 0.3) is 0 Å². The number of halogens is 3. The molecule has 0 spiro atoms. The molecular weight excluding hydrogens is 301 g/mol. The van der Waals surface area contributed by atoms with E-state index in [9.17, 15) is 28.1 Å². The molecule has 0 aliphatic rings. The van der Waals surface area contributed by atoms with Gasteiger partial charge in [-0.3, -0.25) is 19.8 Å². The molecule has 8 heteroatoms. The molecule has 0 saturated carbocycles. The smallest absolute Gasteiger partial charge is 0.267 e. The van der Waals surface area contributed by atoms with E-state index < -0.39 is 28.4 Å². The van der Waals surface area contributed by atoms with Crippen LogP contribution in [0.5, 0.6) is 0 Å². The molecule has 5 nitrogen and oxygen atoms in total. The first-order valence-electron chi connectivity index (χ1n) is 6.02. The van der Waals surface area contributed by atoms with Gasteiger partial charge in [-0.05, 0) is 18.2 Å². The number of alkyl halides is 3. The number of rotatable bonds is 3. The minimum Gasteiger partial charge on any atom is -0.267 e. The molecule has 0 atom stereocenters. The van der Waals surface area contributed by atoms with Crippen molar-refractivity contribution < 1.29 is 22.9 Å². The first kappa shape index (κ1) is 15.5. The summed E-state index contributed by atoms with van der Waals surface area (Å²) in [6.45, 7) is 0. The summed E-state index contributed by atoms with van der Waals surface area (Å²) in [6.07, 6.45) is -5.17. The summed E-state index contributed by atoms with van der Waals surface area (Å²) in [4.78, 5) is 22.2. The third-order valence-corrected chi connectivity index (χ3v) is 2.78. The Morgan fingerprint density at radius 1 is 1.00 bits per heavy atom. The Labute approximate surface area is 122 Å². The molecule has 0 unspecified atom stereocenters. The lowest BCUT2D eigenvalue weighted by molar-refractivity contribution is -0.384. The minimum atomic E-state index is -5.17. The SMILES string of the molecule is O=C(N(c1ccccc1)c1ccccc1[N+](=O)[O-])C(F)(F)F. The molecular formula is C14H9F3N2O3. The lowest BCUT2D eigenvalue weighted by Gasteiger charge is -2.23. The van der Waals surface area contributed by atoms with E-state index in [2.05, 4.69) is 0 Å². The molecule has 114 valence electrons. The summed E-state index contributed by atoms with van der Waals surface area (Å²) in [6, 6.07) is 11.7. The molecule has 22 heavy (non-hydrogen) atoms. The highest BCUT2D eigenvalue weighted by atomic mass is 19.4. The number of nitrogens with zero attached hydrogens (tertiary/aromatic N) is 2. The average molecular weight is 310 g/mol. The van der Waals surface area contributed by atoms with Gasteiger partial charge < -0.3 is 0 Å². The number of nitro groups is 1. The predicted octanol–water partition coefficient (Wildman–Crippen LogP) is 3.82. The monoisotopic (exact) mass is 310 g/mol. The number of amides is 1. The lowest BCUT2D eigenvalue weighted by Crippen LogP contribution is -2.38. The van der Waals surface area contributed by atoms with Crippen LogP contribution in [0.1, 0.15) is 0 Å². The largest absolute Gasteiger partial charge is 0.472 e. The van der Waals surface area contributed by atoms with Crippen LogP contribution >= 0.6 is 0 Å². The van der Waals surface area contributed by atoms with E-state index in [0.29, 0.717) is 0 Å². The zero-order chi connectivity index (χ0) is 16.3. The van der Waals surface area contributed by atoms with E-state index in [-0.39, 0.29) is 10.6 Å². The molecule has 0 radical (unpaired) electrons. The zero-order valence-electron chi connectivity index (χ0n) is 10.9. The molecule has 0 fully saturated rings. The highest BCUT2D eigenvalue weighted by molar-refractivity contribution is 6.05. The maximum Gasteiger partial charge on any atom is 0.472 e. The van der Waals surface area contributed by atoms with E-state index >= 15 is 0 Å². The number of hydrogen-bond donors (Lipinski definition) is 0. The Hall–Kier alpha value is -2.90. The highest BCUT2D eigenvalue weighted by Crippen LogP contribution is 2.36. The van der Waals surface area contributed by atoms with Crippen molar-refractivity contribution in [2.24, 2.45) is 0 Å².